The second-order valence-electron chi connectivity index (χ2n) is 7.19. The van der Waals surface area contributed by atoms with Crippen molar-refractivity contribution in [1.82, 2.24) is 9.97 Å². The molecular weight excluding hydrogens is 402 g/mol. The average Bonchev–Trinajstić information content (AvgIpc) is 3.25. The van der Waals surface area contributed by atoms with E-state index in [0.29, 0.717) is 0 Å². The molecule has 5 nitrogen and oxygen atoms in total. The lowest BCUT2D eigenvalue weighted by Crippen LogP contribution is -2.47. The molecule has 0 unspecified atom stereocenters. The quantitative estimate of drug-likeness (QED) is 0.647. The van der Waals surface area contributed by atoms with Gasteiger partial charge in [0.25, 0.3) is 0 Å². The molecule has 29 heavy (non-hydrogen) atoms. The van der Waals surface area contributed by atoms with Gasteiger partial charge in [-0.25, -0.2) is 4.98 Å². The van der Waals surface area contributed by atoms with Crippen molar-refractivity contribution < 1.29 is 0 Å². The van der Waals surface area contributed by atoms with Crippen LogP contribution in [0.4, 0.5) is 23.1 Å². The topological polar surface area (TPSA) is 44.3 Å². The first-order valence-corrected chi connectivity index (χ1v) is 11.2. The summed E-state index contributed by atoms with van der Waals surface area (Å²) in [6.07, 6.45) is 0.995. The SMILES string of the molecule is Clc1ccc(Nc2nc(N3CCN(c4ccccc4)CC3)nc3c2SCC3)cc1. The van der Waals surface area contributed by atoms with Crippen molar-refractivity contribution in [3.63, 3.8) is 0 Å². The molecule has 3 aromatic rings. The summed E-state index contributed by atoms with van der Waals surface area (Å²) in [7, 11) is 0. The number of para-hydroxylation sites is 1. The van der Waals surface area contributed by atoms with E-state index in [0.717, 1.165) is 66.5 Å². The van der Waals surface area contributed by atoms with Gasteiger partial charge in [-0.1, -0.05) is 29.8 Å². The van der Waals surface area contributed by atoms with E-state index >= 15 is 0 Å². The molecule has 0 atom stereocenters. The third kappa shape index (κ3) is 4.00. The Morgan fingerprint density at radius 2 is 1.59 bits per heavy atom. The first-order chi connectivity index (χ1) is 14.3. The molecule has 5 rings (SSSR count). The molecule has 0 saturated carbocycles. The van der Waals surface area contributed by atoms with Crippen LogP contribution in [0.25, 0.3) is 0 Å². The summed E-state index contributed by atoms with van der Waals surface area (Å²) in [6.45, 7) is 3.78. The third-order valence-electron chi connectivity index (χ3n) is 5.30. The summed E-state index contributed by atoms with van der Waals surface area (Å²) < 4.78 is 0. The van der Waals surface area contributed by atoms with E-state index in [1.807, 2.05) is 36.0 Å². The molecule has 0 amide bonds. The van der Waals surface area contributed by atoms with E-state index in [9.17, 15) is 0 Å². The molecule has 2 aliphatic heterocycles. The van der Waals surface area contributed by atoms with Crippen LogP contribution in [0.15, 0.2) is 59.5 Å². The fourth-order valence-corrected chi connectivity index (χ4v) is 4.93. The Morgan fingerprint density at radius 3 is 2.34 bits per heavy atom. The van der Waals surface area contributed by atoms with Gasteiger partial charge in [-0.3, -0.25) is 0 Å². The van der Waals surface area contributed by atoms with Gasteiger partial charge in [0.15, 0.2) is 0 Å². The molecule has 3 heterocycles. The summed E-state index contributed by atoms with van der Waals surface area (Å²) in [5.41, 5.74) is 3.42. The van der Waals surface area contributed by atoms with Crippen LogP contribution in [0.5, 0.6) is 0 Å². The maximum Gasteiger partial charge on any atom is 0.227 e. The zero-order valence-corrected chi connectivity index (χ0v) is 17.6. The Kier molecular flexibility index (Phi) is 5.21. The number of hydrogen-bond acceptors (Lipinski definition) is 6. The van der Waals surface area contributed by atoms with Gasteiger partial charge < -0.3 is 15.1 Å². The molecule has 0 spiro atoms. The number of nitrogens with one attached hydrogen (secondary N) is 1. The van der Waals surface area contributed by atoms with E-state index in [2.05, 4.69) is 45.4 Å². The van der Waals surface area contributed by atoms with Gasteiger partial charge in [0.1, 0.15) is 5.82 Å². The number of halogens is 1. The number of aryl methyl sites for hydroxylation is 1. The molecule has 0 bridgehead atoms. The van der Waals surface area contributed by atoms with E-state index in [1.54, 1.807) is 0 Å². The van der Waals surface area contributed by atoms with Crippen molar-refractivity contribution in [2.45, 2.75) is 11.3 Å². The monoisotopic (exact) mass is 423 g/mol. The Morgan fingerprint density at radius 1 is 0.862 bits per heavy atom. The standard InChI is InChI=1S/C22H22ClN5S/c23-16-6-8-17(9-7-16)24-21-20-19(10-15-29-20)25-22(26-21)28-13-11-27(12-14-28)18-4-2-1-3-5-18/h1-9H,10-15H2,(H,24,25,26). The normalized spacial score (nSPS) is 16.0. The molecule has 0 radical (unpaired) electrons. The Hall–Kier alpha value is -2.44. The fraction of sp³-hybridized carbons (Fsp3) is 0.273. The first kappa shape index (κ1) is 18.6. The molecule has 0 aliphatic carbocycles. The van der Waals surface area contributed by atoms with Gasteiger partial charge in [-0.15, -0.1) is 11.8 Å². The van der Waals surface area contributed by atoms with Crippen molar-refractivity contribution in [1.29, 1.82) is 0 Å². The van der Waals surface area contributed by atoms with E-state index in [-0.39, 0.29) is 0 Å². The highest BCUT2D eigenvalue weighted by Crippen LogP contribution is 2.38. The van der Waals surface area contributed by atoms with Crippen LogP contribution in [0.2, 0.25) is 5.02 Å². The number of aromatic nitrogens is 2. The Labute approximate surface area is 180 Å². The van der Waals surface area contributed by atoms with Crippen molar-refractivity contribution in [3.05, 3.63) is 65.3 Å². The number of rotatable bonds is 4. The van der Waals surface area contributed by atoms with E-state index < -0.39 is 0 Å². The summed E-state index contributed by atoms with van der Waals surface area (Å²) in [4.78, 5) is 15.7. The minimum Gasteiger partial charge on any atom is -0.368 e. The molecule has 2 aromatic carbocycles. The van der Waals surface area contributed by atoms with Gasteiger partial charge in [-0.2, -0.15) is 4.98 Å². The van der Waals surface area contributed by atoms with Crippen LogP contribution < -0.4 is 15.1 Å². The molecular formula is C22H22ClN5S. The van der Waals surface area contributed by atoms with Crippen molar-refractivity contribution >= 4 is 46.5 Å². The maximum absolute atomic E-state index is 6.02. The van der Waals surface area contributed by atoms with Crippen LogP contribution in [-0.4, -0.2) is 41.9 Å². The van der Waals surface area contributed by atoms with Crippen LogP contribution >= 0.6 is 23.4 Å². The molecule has 2 aliphatic rings. The minimum absolute atomic E-state index is 0.731. The maximum atomic E-state index is 6.02. The summed E-state index contributed by atoms with van der Waals surface area (Å²) in [5.74, 6) is 2.79. The second-order valence-corrected chi connectivity index (χ2v) is 8.73. The van der Waals surface area contributed by atoms with Gasteiger partial charge in [0.2, 0.25) is 5.95 Å². The Bertz CT molecular complexity index is 988. The van der Waals surface area contributed by atoms with Gasteiger partial charge in [0, 0.05) is 54.8 Å². The molecule has 1 aromatic heterocycles. The number of thioether (sulfide) groups is 1. The van der Waals surface area contributed by atoms with Crippen LogP contribution in [0.1, 0.15) is 5.69 Å². The highest BCUT2D eigenvalue weighted by atomic mass is 35.5. The number of hydrogen-bond donors (Lipinski definition) is 1. The minimum atomic E-state index is 0.731. The van der Waals surface area contributed by atoms with Crippen LogP contribution in [0, 0.1) is 0 Å². The largest absolute Gasteiger partial charge is 0.368 e. The number of benzene rings is 2. The lowest BCUT2D eigenvalue weighted by molar-refractivity contribution is 0.638. The van der Waals surface area contributed by atoms with Crippen LogP contribution in [0.3, 0.4) is 0 Å². The highest BCUT2D eigenvalue weighted by Gasteiger charge is 2.25. The highest BCUT2D eigenvalue weighted by molar-refractivity contribution is 7.99. The van der Waals surface area contributed by atoms with Crippen molar-refractivity contribution in [3.8, 4) is 0 Å². The Balaban J connectivity index is 1.36. The van der Waals surface area contributed by atoms with Gasteiger partial charge >= 0.3 is 0 Å². The lowest BCUT2D eigenvalue weighted by Gasteiger charge is -2.36. The number of anilines is 4. The van der Waals surface area contributed by atoms with Gasteiger partial charge in [-0.05, 0) is 36.4 Å². The summed E-state index contributed by atoms with van der Waals surface area (Å²) in [6, 6.07) is 18.3. The third-order valence-corrected chi connectivity index (χ3v) is 6.68. The molecule has 1 saturated heterocycles. The summed E-state index contributed by atoms with van der Waals surface area (Å²) >= 11 is 7.85. The van der Waals surface area contributed by atoms with Crippen LogP contribution in [-0.2, 0) is 6.42 Å². The number of fused-ring (bicyclic) bond motifs is 1. The average molecular weight is 424 g/mol. The smallest absolute Gasteiger partial charge is 0.227 e. The predicted octanol–water partition coefficient (Wildman–Crippen LogP) is 4.85. The zero-order chi connectivity index (χ0) is 19.6. The second kappa shape index (κ2) is 8.13. The lowest BCUT2D eigenvalue weighted by atomic mass is 10.2. The van der Waals surface area contributed by atoms with E-state index in [1.165, 1.54) is 10.6 Å². The van der Waals surface area contributed by atoms with Crippen molar-refractivity contribution in [2.75, 3.05) is 47.0 Å². The molecule has 7 heteroatoms. The molecule has 148 valence electrons. The van der Waals surface area contributed by atoms with Crippen molar-refractivity contribution in [2.24, 2.45) is 0 Å². The van der Waals surface area contributed by atoms with Gasteiger partial charge in [0.05, 0.1) is 10.6 Å². The fourth-order valence-electron chi connectivity index (χ4n) is 3.75. The van der Waals surface area contributed by atoms with E-state index in [4.69, 9.17) is 21.6 Å². The zero-order valence-electron chi connectivity index (χ0n) is 16.0. The number of piperazine rings is 1. The predicted molar refractivity (Wildman–Crippen MR) is 122 cm³/mol. The first-order valence-electron chi connectivity index (χ1n) is 9.87. The molecule has 1 N–H and O–H groups in total. The summed E-state index contributed by atoms with van der Waals surface area (Å²) in [5, 5.41) is 4.21. The number of nitrogens with zero attached hydrogens (tertiary/aromatic N) is 4. The molecule has 1 fully saturated rings.